The van der Waals surface area contributed by atoms with E-state index in [4.69, 9.17) is 4.74 Å². The maximum Gasteiger partial charge on any atom is 0.280 e. The molecular formula is C16H14N6O3. The van der Waals surface area contributed by atoms with Crippen molar-refractivity contribution in [2.75, 3.05) is 12.4 Å². The molecule has 4 rings (SSSR count). The molecule has 3 aromatic heterocycles. The first-order valence-corrected chi connectivity index (χ1v) is 7.43. The summed E-state index contributed by atoms with van der Waals surface area (Å²) in [5.41, 5.74) is 3.31. The van der Waals surface area contributed by atoms with Gasteiger partial charge in [-0.15, -0.1) is 0 Å². The molecule has 0 saturated carbocycles. The van der Waals surface area contributed by atoms with Crippen LogP contribution in [0.25, 0.3) is 22.2 Å². The fourth-order valence-corrected chi connectivity index (χ4v) is 2.59. The lowest BCUT2D eigenvalue weighted by atomic mass is 10.1. The van der Waals surface area contributed by atoms with Crippen LogP contribution in [0.5, 0.6) is 5.75 Å². The van der Waals surface area contributed by atoms with Crippen LogP contribution in [-0.4, -0.2) is 37.9 Å². The number of nitrogens with zero attached hydrogens (tertiary/aromatic N) is 4. The lowest BCUT2D eigenvalue weighted by Gasteiger charge is -2.04. The quantitative estimate of drug-likeness (QED) is 0.590. The minimum atomic E-state index is -0.422. The van der Waals surface area contributed by atoms with E-state index in [1.54, 1.807) is 18.0 Å². The van der Waals surface area contributed by atoms with E-state index in [2.05, 4.69) is 30.1 Å². The molecule has 2 N–H and O–H groups in total. The number of nitrogens with one attached hydrogen (secondary N) is 2. The van der Waals surface area contributed by atoms with E-state index in [0.29, 0.717) is 16.8 Å². The van der Waals surface area contributed by atoms with Crippen molar-refractivity contribution < 1.29 is 14.1 Å². The first kappa shape index (κ1) is 14.9. The van der Waals surface area contributed by atoms with Gasteiger partial charge in [0, 0.05) is 30.4 Å². The molecule has 0 fully saturated rings. The highest BCUT2D eigenvalue weighted by atomic mass is 16.5. The Hall–Kier alpha value is -3.62. The fourth-order valence-electron chi connectivity index (χ4n) is 2.59. The van der Waals surface area contributed by atoms with Crippen LogP contribution in [0.1, 0.15) is 10.5 Å². The van der Waals surface area contributed by atoms with Crippen LogP contribution in [0.2, 0.25) is 0 Å². The monoisotopic (exact) mass is 338 g/mol. The number of carbonyl (C=O) groups is 1. The van der Waals surface area contributed by atoms with Crippen molar-refractivity contribution in [3.63, 3.8) is 0 Å². The van der Waals surface area contributed by atoms with Crippen LogP contribution < -0.4 is 10.1 Å². The lowest BCUT2D eigenvalue weighted by molar-refractivity contribution is 0.101. The number of carbonyl (C=O) groups excluding carboxylic acids is 1. The predicted molar refractivity (Wildman–Crippen MR) is 89.3 cm³/mol. The number of hydrogen-bond acceptors (Lipinski definition) is 6. The summed E-state index contributed by atoms with van der Waals surface area (Å²) in [6.45, 7) is 0. The summed E-state index contributed by atoms with van der Waals surface area (Å²) in [5, 5.41) is 10.5. The molecule has 25 heavy (non-hydrogen) atoms. The number of benzene rings is 1. The van der Waals surface area contributed by atoms with E-state index in [1.165, 1.54) is 12.3 Å². The van der Waals surface area contributed by atoms with Crippen LogP contribution in [0.15, 0.2) is 41.4 Å². The maximum atomic E-state index is 12.1. The number of aromatic nitrogens is 5. The molecule has 0 bridgehead atoms. The summed E-state index contributed by atoms with van der Waals surface area (Å²) in [4.78, 5) is 19.7. The van der Waals surface area contributed by atoms with Crippen LogP contribution in [-0.2, 0) is 7.05 Å². The summed E-state index contributed by atoms with van der Waals surface area (Å²) >= 11 is 0. The predicted octanol–water partition coefficient (Wildman–Crippen LogP) is 2.21. The number of hydrogen-bond donors (Lipinski definition) is 2. The van der Waals surface area contributed by atoms with Crippen LogP contribution in [0.3, 0.4) is 0 Å². The van der Waals surface area contributed by atoms with Gasteiger partial charge in [-0.25, -0.2) is 4.98 Å². The molecule has 3 heterocycles. The molecule has 4 aromatic rings. The van der Waals surface area contributed by atoms with Crippen molar-refractivity contribution in [3.8, 4) is 16.9 Å². The second-order valence-corrected chi connectivity index (χ2v) is 5.37. The van der Waals surface area contributed by atoms with Crippen molar-refractivity contribution in [2.24, 2.45) is 7.05 Å². The zero-order valence-corrected chi connectivity index (χ0v) is 13.5. The maximum absolute atomic E-state index is 12.1. The Kier molecular flexibility index (Phi) is 3.46. The Balaban J connectivity index is 1.79. The highest BCUT2D eigenvalue weighted by molar-refractivity contribution is 6.03. The van der Waals surface area contributed by atoms with E-state index < -0.39 is 5.91 Å². The lowest BCUT2D eigenvalue weighted by Crippen LogP contribution is -2.13. The molecule has 1 aromatic carbocycles. The van der Waals surface area contributed by atoms with Crippen molar-refractivity contribution in [1.82, 2.24) is 24.9 Å². The standard InChI is InChI=1S/C16H14N6O3/c1-22-8-9(7-17-22)10-3-4-12(24-2)14-13(10)18-16(19-14)20-15(23)11-5-6-25-21-11/h3-8H,1-2H3,(H2,18,19,20,23). The van der Waals surface area contributed by atoms with Gasteiger partial charge in [0.25, 0.3) is 5.91 Å². The van der Waals surface area contributed by atoms with Crippen LogP contribution in [0, 0.1) is 0 Å². The number of ether oxygens (including phenoxy) is 1. The van der Waals surface area contributed by atoms with Gasteiger partial charge in [0.05, 0.1) is 13.3 Å². The minimum absolute atomic E-state index is 0.167. The number of amides is 1. The number of aromatic amines is 1. The Labute approximate surface area is 141 Å². The van der Waals surface area contributed by atoms with Gasteiger partial charge in [-0.3, -0.25) is 14.8 Å². The van der Waals surface area contributed by atoms with Gasteiger partial charge in [-0.1, -0.05) is 5.16 Å². The van der Waals surface area contributed by atoms with Gasteiger partial charge in [-0.2, -0.15) is 5.10 Å². The largest absolute Gasteiger partial charge is 0.494 e. The molecule has 1 amide bonds. The van der Waals surface area contributed by atoms with Gasteiger partial charge in [-0.05, 0) is 12.1 Å². The van der Waals surface area contributed by atoms with Crippen LogP contribution >= 0.6 is 0 Å². The van der Waals surface area contributed by atoms with Gasteiger partial charge in [0.2, 0.25) is 5.95 Å². The number of methoxy groups -OCH3 is 1. The molecule has 0 radical (unpaired) electrons. The number of imidazole rings is 1. The van der Waals surface area contributed by atoms with Gasteiger partial charge in [0.15, 0.2) is 5.69 Å². The molecule has 9 heteroatoms. The molecule has 0 unspecified atom stereocenters. The van der Waals surface area contributed by atoms with Crippen molar-refractivity contribution in [2.45, 2.75) is 0 Å². The SMILES string of the molecule is COc1ccc(-c2cnn(C)c2)c2nc(NC(=O)c3ccon3)[nH]c12. The number of rotatable bonds is 4. The Morgan fingerprint density at radius 3 is 2.92 bits per heavy atom. The zero-order valence-electron chi connectivity index (χ0n) is 13.5. The van der Waals surface area contributed by atoms with E-state index in [0.717, 1.165) is 11.1 Å². The molecule has 0 saturated heterocycles. The summed E-state index contributed by atoms with van der Waals surface area (Å²) in [7, 11) is 3.42. The zero-order chi connectivity index (χ0) is 17.4. The molecule has 0 spiro atoms. The third kappa shape index (κ3) is 2.61. The summed E-state index contributed by atoms with van der Waals surface area (Å²) in [6.07, 6.45) is 4.98. The van der Waals surface area contributed by atoms with Gasteiger partial charge < -0.3 is 14.2 Å². The molecular weight excluding hydrogens is 324 g/mol. The van der Waals surface area contributed by atoms with E-state index >= 15 is 0 Å². The third-order valence-corrected chi connectivity index (χ3v) is 3.74. The minimum Gasteiger partial charge on any atom is -0.494 e. The number of anilines is 1. The average molecular weight is 338 g/mol. The van der Waals surface area contributed by atoms with Gasteiger partial charge >= 0.3 is 0 Å². The Bertz CT molecular complexity index is 1050. The van der Waals surface area contributed by atoms with E-state index in [9.17, 15) is 4.79 Å². The average Bonchev–Trinajstić information content (AvgIpc) is 3.33. The Morgan fingerprint density at radius 2 is 2.24 bits per heavy atom. The van der Waals surface area contributed by atoms with Crippen molar-refractivity contribution >= 4 is 22.9 Å². The second-order valence-electron chi connectivity index (χ2n) is 5.37. The second kappa shape index (κ2) is 5.78. The highest BCUT2D eigenvalue weighted by Gasteiger charge is 2.17. The molecule has 0 aliphatic carbocycles. The molecule has 0 atom stereocenters. The molecule has 0 aliphatic rings. The smallest absolute Gasteiger partial charge is 0.280 e. The number of fused-ring (bicyclic) bond motifs is 1. The highest BCUT2D eigenvalue weighted by Crippen LogP contribution is 2.33. The molecule has 126 valence electrons. The number of H-pyrrole nitrogens is 1. The molecule has 0 aliphatic heterocycles. The van der Waals surface area contributed by atoms with E-state index in [-0.39, 0.29) is 11.6 Å². The Morgan fingerprint density at radius 1 is 1.36 bits per heavy atom. The normalized spacial score (nSPS) is 11.0. The third-order valence-electron chi connectivity index (χ3n) is 3.74. The van der Waals surface area contributed by atoms with Gasteiger partial charge in [0.1, 0.15) is 23.0 Å². The number of aryl methyl sites for hydroxylation is 1. The summed E-state index contributed by atoms with van der Waals surface area (Å²) in [5.74, 6) is 0.490. The van der Waals surface area contributed by atoms with Crippen molar-refractivity contribution in [1.29, 1.82) is 0 Å². The fraction of sp³-hybridized carbons (Fsp3) is 0.125. The van der Waals surface area contributed by atoms with E-state index in [1.807, 2.05) is 25.4 Å². The topological polar surface area (TPSA) is 111 Å². The first-order chi connectivity index (χ1) is 12.2. The summed E-state index contributed by atoms with van der Waals surface area (Å²) < 4.78 is 11.8. The van der Waals surface area contributed by atoms with Crippen molar-refractivity contribution in [3.05, 3.63) is 42.5 Å². The van der Waals surface area contributed by atoms with Crippen LogP contribution in [0.4, 0.5) is 5.95 Å². The molecule has 9 nitrogen and oxygen atoms in total. The first-order valence-electron chi connectivity index (χ1n) is 7.43. The summed E-state index contributed by atoms with van der Waals surface area (Å²) in [6, 6.07) is 5.22.